The Morgan fingerprint density at radius 2 is 1.81 bits per heavy atom. The molecule has 1 saturated heterocycles. The second-order valence-electron chi connectivity index (χ2n) is 9.11. The summed E-state index contributed by atoms with van der Waals surface area (Å²) >= 11 is 0. The topological polar surface area (TPSA) is 105 Å². The number of aromatic nitrogens is 1. The number of piperidine rings is 1. The largest absolute Gasteiger partial charge is 0.366 e. The van der Waals surface area contributed by atoms with Crippen LogP contribution >= 0.6 is 0 Å². The summed E-state index contributed by atoms with van der Waals surface area (Å²) in [6, 6.07) is 7.62. The molecule has 7 nitrogen and oxygen atoms in total. The molecule has 2 amide bonds. The van der Waals surface area contributed by atoms with Crippen LogP contribution in [0.2, 0.25) is 0 Å². The molecule has 1 aliphatic heterocycles. The van der Waals surface area contributed by atoms with Crippen LogP contribution in [-0.4, -0.2) is 41.2 Å². The lowest BCUT2D eigenvalue weighted by Crippen LogP contribution is -2.43. The number of nitrogens with one attached hydrogen (secondary N) is 1. The van der Waals surface area contributed by atoms with Crippen molar-refractivity contribution in [3.8, 4) is 0 Å². The molecule has 2 aromatic rings. The van der Waals surface area contributed by atoms with Crippen LogP contribution in [0.15, 0.2) is 30.5 Å². The number of carbonyl (C=O) groups excluding carboxylic acids is 3. The zero-order valence-corrected chi connectivity index (χ0v) is 18.9. The zero-order valence-electron chi connectivity index (χ0n) is 18.9. The molecule has 168 valence electrons. The van der Waals surface area contributed by atoms with Gasteiger partial charge in [0, 0.05) is 41.5 Å². The molecule has 4 rings (SSSR count). The van der Waals surface area contributed by atoms with E-state index in [1.807, 2.05) is 19.1 Å². The number of nitrogens with zero attached hydrogens (tertiary/aromatic N) is 2. The highest BCUT2D eigenvalue weighted by atomic mass is 16.2. The Kier molecular flexibility index (Phi) is 6.00. The number of fused-ring (bicyclic) bond motifs is 1. The first-order valence-corrected chi connectivity index (χ1v) is 11.2. The Balaban J connectivity index is 1.47. The van der Waals surface area contributed by atoms with Gasteiger partial charge in [0.1, 0.15) is 5.82 Å². The van der Waals surface area contributed by atoms with Crippen molar-refractivity contribution in [2.45, 2.75) is 58.5 Å². The van der Waals surface area contributed by atoms with Crippen molar-refractivity contribution in [1.29, 1.82) is 0 Å². The van der Waals surface area contributed by atoms with E-state index < -0.39 is 5.91 Å². The molecule has 2 aliphatic rings. The maximum Gasteiger partial charge on any atom is 0.251 e. The molecule has 0 bridgehead atoms. The number of aryl methyl sites for hydroxylation is 2. The minimum atomic E-state index is -0.484. The van der Waals surface area contributed by atoms with E-state index in [0.717, 1.165) is 43.6 Å². The highest BCUT2D eigenvalue weighted by Crippen LogP contribution is 2.39. The molecule has 7 heteroatoms. The number of pyridine rings is 1. The fraction of sp³-hybridized carbons (Fsp3) is 0.440. The normalized spacial score (nSPS) is 22.3. The summed E-state index contributed by atoms with van der Waals surface area (Å²) in [5, 5.41) is 3.22. The second kappa shape index (κ2) is 8.73. The van der Waals surface area contributed by atoms with E-state index in [1.165, 1.54) is 0 Å². The van der Waals surface area contributed by atoms with E-state index in [2.05, 4.69) is 15.2 Å². The summed E-state index contributed by atoms with van der Waals surface area (Å²) in [6.45, 7) is 6.10. The minimum Gasteiger partial charge on any atom is -0.366 e. The van der Waals surface area contributed by atoms with Gasteiger partial charge in [0.2, 0.25) is 5.91 Å². The third-order valence-corrected chi connectivity index (χ3v) is 6.90. The average Bonchev–Trinajstić information content (AvgIpc) is 3.17. The molecule has 0 radical (unpaired) electrons. The van der Waals surface area contributed by atoms with Gasteiger partial charge in [-0.15, -0.1) is 0 Å². The first-order chi connectivity index (χ1) is 15.2. The number of ketones is 1. The predicted molar refractivity (Wildman–Crippen MR) is 123 cm³/mol. The lowest BCUT2D eigenvalue weighted by atomic mass is 9.92. The zero-order chi connectivity index (χ0) is 23.0. The lowest BCUT2D eigenvalue weighted by molar-refractivity contribution is 0.0933. The smallest absolute Gasteiger partial charge is 0.251 e. The summed E-state index contributed by atoms with van der Waals surface area (Å²) in [7, 11) is 0. The Hall–Kier alpha value is -3.22. The van der Waals surface area contributed by atoms with Gasteiger partial charge in [-0.05, 0) is 87.8 Å². The number of carbonyl (C=O) groups is 3. The van der Waals surface area contributed by atoms with Crippen LogP contribution in [-0.2, 0) is 0 Å². The van der Waals surface area contributed by atoms with Gasteiger partial charge in [-0.25, -0.2) is 4.98 Å². The number of rotatable bonds is 5. The second-order valence-corrected chi connectivity index (χ2v) is 9.11. The average molecular weight is 435 g/mol. The molecule has 3 atom stereocenters. The number of hydrogen-bond acceptors (Lipinski definition) is 5. The molecule has 1 aromatic carbocycles. The fourth-order valence-corrected chi connectivity index (χ4v) is 5.24. The number of benzene rings is 1. The van der Waals surface area contributed by atoms with Gasteiger partial charge >= 0.3 is 0 Å². The van der Waals surface area contributed by atoms with Crippen molar-refractivity contribution in [2.24, 2.45) is 11.7 Å². The molecule has 0 spiro atoms. The molecular weight excluding hydrogens is 404 g/mol. The van der Waals surface area contributed by atoms with Crippen LogP contribution in [0.4, 0.5) is 5.82 Å². The van der Waals surface area contributed by atoms with Crippen molar-refractivity contribution in [2.75, 3.05) is 11.4 Å². The summed E-state index contributed by atoms with van der Waals surface area (Å²) in [5.74, 6) is 0.815. The van der Waals surface area contributed by atoms with E-state index in [0.29, 0.717) is 34.2 Å². The molecule has 3 unspecified atom stereocenters. The summed E-state index contributed by atoms with van der Waals surface area (Å²) in [4.78, 5) is 43.0. The van der Waals surface area contributed by atoms with Crippen molar-refractivity contribution in [3.05, 3.63) is 58.3 Å². The van der Waals surface area contributed by atoms with Crippen LogP contribution < -0.4 is 16.0 Å². The van der Waals surface area contributed by atoms with Crippen LogP contribution in [0, 0.1) is 19.8 Å². The molecule has 1 aliphatic carbocycles. The number of Topliss-reactive ketones (excluding diaryl/α,β-unsaturated/α-hetero) is 1. The van der Waals surface area contributed by atoms with E-state index >= 15 is 0 Å². The van der Waals surface area contributed by atoms with E-state index in [1.54, 1.807) is 32.2 Å². The van der Waals surface area contributed by atoms with Gasteiger partial charge < -0.3 is 16.0 Å². The highest BCUT2D eigenvalue weighted by molar-refractivity contribution is 5.99. The van der Waals surface area contributed by atoms with Crippen LogP contribution in [0.3, 0.4) is 0 Å². The third-order valence-electron chi connectivity index (χ3n) is 6.90. The van der Waals surface area contributed by atoms with E-state index in [-0.39, 0.29) is 17.7 Å². The summed E-state index contributed by atoms with van der Waals surface area (Å²) < 4.78 is 0. The molecule has 32 heavy (non-hydrogen) atoms. The van der Waals surface area contributed by atoms with Crippen molar-refractivity contribution in [3.63, 3.8) is 0 Å². The number of amides is 2. The first kappa shape index (κ1) is 22.0. The number of hydrogen-bond donors (Lipinski definition) is 2. The van der Waals surface area contributed by atoms with Gasteiger partial charge in [-0.3, -0.25) is 14.4 Å². The fourth-order valence-electron chi connectivity index (χ4n) is 5.24. The minimum absolute atomic E-state index is 0.0126. The van der Waals surface area contributed by atoms with Gasteiger partial charge in [0.05, 0.1) is 0 Å². The Morgan fingerprint density at radius 1 is 1.09 bits per heavy atom. The summed E-state index contributed by atoms with van der Waals surface area (Å²) in [6.07, 6.45) is 5.69. The molecule has 1 aromatic heterocycles. The Morgan fingerprint density at radius 3 is 2.47 bits per heavy atom. The predicted octanol–water partition coefficient (Wildman–Crippen LogP) is 3.18. The maximum atomic E-state index is 13.0. The molecule has 3 N–H and O–H groups in total. The van der Waals surface area contributed by atoms with E-state index in [4.69, 9.17) is 5.73 Å². The van der Waals surface area contributed by atoms with Crippen molar-refractivity contribution < 1.29 is 14.4 Å². The molecule has 2 fully saturated rings. The van der Waals surface area contributed by atoms with Gasteiger partial charge in [-0.1, -0.05) is 0 Å². The SMILES string of the molecule is CC(=O)c1ccc(N2CCCC3CC(NC(=O)c4cc(C)c(C(N)=O)cc4C)CC32)nc1. The van der Waals surface area contributed by atoms with Crippen LogP contribution in [0.25, 0.3) is 0 Å². The van der Waals surface area contributed by atoms with Crippen LogP contribution in [0.1, 0.15) is 74.8 Å². The highest BCUT2D eigenvalue weighted by Gasteiger charge is 2.41. The van der Waals surface area contributed by atoms with Gasteiger partial charge in [0.25, 0.3) is 5.91 Å². The molecular formula is C25H30N4O3. The number of nitrogens with two attached hydrogens (primary N) is 1. The lowest BCUT2D eigenvalue weighted by Gasteiger charge is -2.38. The Bertz CT molecular complexity index is 1060. The van der Waals surface area contributed by atoms with Crippen LogP contribution in [0.5, 0.6) is 0 Å². The van der Waals surface area contributed by atoms with Gasteiger partial charge in [-0.2, -0.15) is 0 Å². The maximum absolute atomic E-state index is 13.0. The standard InChI is InChI=1S/C25H30N4O3/c1-14-10-21(15(2)9-20(14)24(26)31)25(32)28-19-11-17-5-4-8-29(22(17)12-19)23-7-6-18(13-27-23)16(3)30/h6-7,9-10,13,17,19,22H,4-5,8,11-12H2,1-3H3,(H2,26,31)(H,28,32). The van der Waals surface area contributed by atoms with Crippen molar-refractivity contribution >= 4 is 23.4 Å². The monoisotopic (exact) mass is 434 g/mol. The van der Waals surface area contributed by atoms with Gasteiger partial charge in [0.15, 0.2) is 5.78 Å². The number of primary amides is 1. The molecule has 2 heterocycles. The summed E-state index contributed by atoms with van der Waals surface area (Å²) in [5.41, 5.74) is 8.53. The van der Waals surface area contributed by atoms with Crippen molar-refractivity contribution in [1.82, 2.24) is 10.3 Å². The third kappa shape index (κ3) is 4.24. The Labute approximate surface area is 188 Å². The number of anilines is 1. The quantitative estimate of drug-likeness (QED) is 0.703. The molecule has 1 saturated carbocycles. The first-order valence-electron chi connectivity index (χ1n) is 11.2. The van der Waals surface area contributed by atoms with E-state index in [9.17, 15) is 14.4 Å².